The molecule has 0 N–H and O–H groups in total. The van der Waals surface area contributed by atoms with Crippen molar-refractivity contribution < 1.29 is 12.6 Å². The van der Waals surface area contributed by atoms with E-state index < -0.39 is 10.3 Å². The van der Waals surface area contributed by atoms with Gasteiger partial charge in [0, 0.05) is 30.5 Å². The second-order valence-electron chi connectivity index (χ2n) is 4.02. The number of hydrogen-bond acceptors (Lipinski definition) is 4. The molecule has 20 heavy (non-hydrogen) atoms. The lowest BCUT2D eigenvalue weighted by Crippen LogP contribution is -2.17. The third-order valence-corrected chi connectivity index (χ3v) is 3.81. The molecular formula is C13H11N3O3S. The largest absolute Gasteiger partial charge is 0.414 e. The van der Waals surface area contributed by atoms with Gasteiger partial charge in [0.2, 0.25) is 0 Å². The van der Waals surface area contributed by atoms with Gasteiger partial charge >= 0.3 is 10.3 Å². The van der Waals surface area contributed by atoms with E-state index >= 15 is 0 Å². The van der Waals surface area contributed by atoms with Crippen molar-refractivity contribution in [1.29, 1.82) is 0 Å². The van der Waals surface area contributed by atoms with Gasteiger partial charge in [-0.1, -0.05) is 0 Å². The maximum absolute atomic E-state index is 11.9. The molecule has 2 heterocycles. The Morgan fingerprint density at radius 2 is 1.70 bits per heavy atom. The summed E-state index contributed by atoms with van der Waals surface area (Å²) >= 11 is 0. The van der Waals surface area contributed by atoms with Crippen LogP contribution in [0.15, 0.2) is 67.5 Å². The summed E-state index contributed by atoms with van der Waals surface area (Å²) in [5.74, 6) is 0.245. The zero-order valence-electron chi connectivity index (χ0n) is 10.3. The molecule has 0 aliphatic carbocycles. The molecule has 3 rings (SSSR count). The van der Waals surface area contributed by atoms with Crippen molar-refractivity contribution in [3.8, 4) is 11.4 Å². The van der Waals surface area contributed by atoms with E-state index in [4.69, 9.17) is 4.18 Å². The van der Waals surface area contributed by atoms with Crippen LogP contribution in [0.5, 0.6) is 5.75 Å². The average molecular weight is 289 g/mol. The van der Waals surface area contributed by atoms with E-state index in [-0.39, 0.29) is 5.75 Å². The Hall–Kier alpha value is -2.54. The lowest BCUT2D eigenvalue weighted by molar-refractivity contribution is 0.476. The predicted octanol–water partition coefficient (Wildman–Crippen LogP) is 1.85. The first-order valence-corrected chi connectivity index (χ1v) is 7.18. The zero-order valence-corrected chi connectivity index (χ0v) is 11.1. The van der Waals surface area contributed by atoms with Crippen LogP contribution in [-0.2, 0) is 10.3 Å². The number of imidazole rings is 1. The molecule has 7 heteroatoms. The Morgan fingerprint density at radius 3 is 2.30 bits per heavy atom. The van der Waals surface area contributed by atoms with Crippen molar-refractivity contribution in [2.45, 2.75) is 0 Å². The minimum Gasteiger partial charge on any atom is -0.366 e. The molecule has 0 aliphatic rings. The Labute approximate surface area is 116 Å². The van der Waals surface area contributed by atoms with Crippen LogP contribution in [0.25, 0.3) is 5.69 Å². The third kappa shape index (κ3) is 2.43. The number of aromatic nitrogens is 3. The van der Waals surface area contributed by atoms with Crippen molar-refractivity contribution in [2.24, 2.45) is 0 Å². The van der Waals surface area contributed by atoms with Crippen molar-refractivity contribution in [1.82, 2.24) is 13.5 Å². The topological polar surface area (TPSA) is 66.1 Å². The molecule has 0 radical (unpaired) electrons. The summed E-state index contributed by atoms with van der Waals surface area (Å²) in [7, 11) is -3.89. The van der Waals surface area contributed by atoms with Crippen LogP contribution in [0.1, 0.15) is 0 Å². The SMILES string of the molecule is O=S(=O)(Oc1ccc(-n2cccc2)cc1)n1ccnc1. The van der Waals surface area contributed by atoms with Gasteiger partial charge < -0.3 is 8.75 Å². The van der Waals surface area contributed by atoms with Gasteiger partial charge in [-0.2, -0.15) is 8.42 Å². The van der Waals surface area contributed by atoms with Crippen LogP contribution >= 0.6 is 0 Å². The van der Waals surface area contributed by atoms with E-state index in [9.17, 15) is 8.42 Å². The van der Waals surface area contributed by atoms with Crippen molar-refractivity contribution in [3.63, 3.8) is 0 Å². The maximum atomic E-state index is 11.9. The smallest absolute Gasteiger partial charge is 0.366 e. The Kier molecular flexibility index (Phi) is 3.03. The molecule has 0 atom stereocenters. The molecule has 0 saturated carbocycles. The Morgan fingerprint density at radius 1 is 1.00 bits per heavy atom. The van der Waals surface area contributed by atoms with Crippen LogP contribution in [0.2, 0.25) is 0 Å². The lowest BCUT2D eigenvalue weighted by atomic mass is 10.3. The number of hydrogen-bond donors (Lipinski definition) is 0. The second kappa shape index (κ2) is 4.86. The first-order chi connectivity index (χ1) is 9.65. The van der Waals surface area contributed by atoms with Gasteiger partial charge in [-0.25, -0.2) is 8.96 Å². The van der Waals surface area contributed by atoms with Crippen LogP contribution in [0.3, 0.4) is 0 Å². The van der Waals surface area contributed by atoms with E-state index in [2.05, 4.69) is 4.98 Å². The molecule has 1 aromatic carbocycles. The number of benzene rings is 1. The van der Waals surface area contributed by atoms with E-state index in [0.717, 1.165) is 9.66 Å². The van der Waals surface area contributed by atoms with Gasteiger partial charge in [0.15, 0.2) is 0 Å². The standard InChI is InChI=1S/C13H11N3O3S/c17-20(18,16-10-7-14-11-16)19-13-5-3-12(4-6-13)15-8-1-2-9-15/h1-11H. The van der Waals surface area contributed by atoms with Crippen molar-refractivity contribution >= 4 is 10.3 Å². The highest BCUT2D eigenvalue weighted by atomic mass is 32.2. The van der Waals surface area contributed by atoms with Crippen LogP contribution < -0.4 is 4.18 Å². The maximum Gasteiger partial charge on any atom is 0.414 e. The highest BCUT2D eigenvalue weighted by molar-refractivity contribution is 7.85. The van der Waals surface area contributed by atoms with Crippen molar-refractivity contribution in [2.75, 3.05) is 0 Å². The van der Waals surface area contributed by atoms with Crippen LogP contribution in [0.4, 0.5) is 0 Å². The van der Waals surface area contributed by atoms with Gasteiger partial charge in [0.25, 0.3) is 0 Å². The molecule has 102 valence electrons. The molecule has 0 spiro atoms. The van der Waals surface area contributed by atoms with Gasteiger partial charge in [-0.05, 0) is 36.4 Å². The number of rotatable bonds is 4. The van der Waals surface area contributed by atoms with Gasteiger partial charge in [0.1, 0.15) is 12.1 Å². The molecule has 3 aromatic rings. The van der Waals surface area contributed by atoms with Crippen LogP contribution in [0, 0.1) is 0 Å². The van der Waals surface area contributed by atoms with E-state index in [1.165, 1.54) is 18.7 Å². The normalized spacial score (nSPS) is 11.4. The fraction of sp³-hybridized carbons (Fsp3) is 0. The zero-order chi connectivity index (χ0) is 14.0. The summed E-state index contributed by atoms with van der Waals surface area (Å²) in [6.07, 6.45) is 7.65. The van der Waals surface area contributed by atoms with E-state index in [1.54, 1.807) is 24.3 Å². The first kappa shape index (κ1) is 12.5. The first-order valence-electron chi connectivity index (χ1n) is 5.81. The molecule has 6 nitrogen and oxygen atoms in total. The minimum atomic E-state index is -3.89. The molecular weight excluding hydrogens is 278 g/mol. The third-order valence-electron chi connectivity index (χ3n) is 2.68. The fourth-order valence-corrected chi connectivity index (χ4v) is 2.54. The average Bonchev–Trinajstić information content (AvgIpc) is 3.13. The highest BCUT2D eigenvalue weighted by Crippen LogP contribution is 2.17. The Bertz CT molecular complexity index is 776. The summed E-state index contributed by atoms with van der Waals surface area (Å²) in [6, 6.07) is 10.6. The summed E-state index contributed by atoms with van der Waals surface area (Å²) in [5, 5.41) is 0. The summed E-state index contributed by atoms with van der Waals surface area (Å²) < 4.78 is 31.6. The minimum absolute atomic E-state index is 0.245. The van der Waals surface area contributed by atoms with Gasteiger partial charge in [-0.15, -0.1) is 0 Å². The lowest BCUT2D eigenvalue weighted by Gasteiger charge is -2.08. The molecule has 0 saturated heterocycles. The summed E-state index contributed by atoms with van der Waals surface area (Å²) in [5.41, 5.74) is 0.919. The van der Waals surface area contributed by atoms with E-state index in [0.29, 0.717) is 0 Å². The second-order valence-corrected chi connectivity index (χ2v) is 5.46. The fourth-order valence-electron chi connectivity index (χ4n) is 1.72. The molecule has 0 amide bonds. The van der Waals surface area contributed by atoms with Crippen LogP contribution in [-0.4, -0.2) is 21.9 Å². The Balaban J connectivity index is 1.83. The molecule has 0 unspecified atom stereocenters. The predicted molar refractivity (Wildman–Crippen MR) is 72.9 cm³/mol. The quantitative estimate of drug-likeness (QED) is 0.735. The van der Waals surface area contributed by atoms with E-state index in [1.807, 2.05) is 29.1 Å². The van der Waals surface area contributed by atoms with Crippen molar-refractivity contribution in [3.05, 3.63) is 67.5 Å². The molecule has 2 aromatic heterocycles. The number of nitrogens with zero attached hydrogens (tertiary/aromatic N) is 3. The summed E-state index contributed by atoms with van der Waals surface area (Å²) in [6.45, 7) is 0. The molecule has 0 aliphatic heterocycles. The summed E-state index contributed by atoms with van der Waals surface area (Å²) in [4.78, 5) is 3.68. The van der Waals surface area contributed by atoms with Gasteiger partial charge in [0.05, 0.1) is 0 Å². The highest BCUT2D eigenvalue weighted by Gasteiger charge is 2.14. The monoisotopic (exact) mass is 289 g/mol. The molecule has 0 fully saturated rings. The van der Waals surface area contributed by atoms with Gasteiger partial charge in [-0.3, -0.25) is 0 Å². The molecule has 0 bridgehead atoms.